The van der Waals surface area contributed by atoms with E-state index in [0.29, 0.717) is 0 Å². The summed E-state index contributed by atoms with van der Waals surface area (Å²) in [4.78, 5) is 38.6. The number of fused-ring (bicyclic) bond motifs is 1. The standard InChI is InChI=1S/C14H12BrFN2O3/c1-17(7-2-3-7)12(19)6-18-11-5-10(16)9(15)4-8(11)13(20)14(18)21/h4-5,7H,2-3,6H2,1H3. The number of carbonyl (C=O) groups excluding carboxylic acids is 3. The van der Waals surface area contributed by atoms with E-state index < -0.39 is 17.5 Å². The number of ketones is 1. The number of anilines is 1. The second-order valence-corrected chi connectivity index (χ2v) is 6.09. The van der Waals surface area contributed by atoms with Crippen LogP contribution in [0.1, 0.15) is 23.2 Å². The quantitative estimate of drug-likeness (QED) is 0.777. The minimum atomic E-state index is -0.792. The Morgan fingerprint density at radius 2 is 2.10 bits per heavy atom. The van der Waals surface area contributed by atoms with Gasteiger partial charge in [-0.25, -0.2) is 4.39 Å². The second kappa shape index (κ2) is 4.91. The van der Waals surface area contributed by atoms with Gasteiger partial charge < -0.3 is 4.90 Å². The third-order valence-electron chi connectivity index (χ3n) is 3.79. The van der Waals surface area contributed by atoms with Crippen LogP contribution in [0.2, 0.25) is 0 Å². The van der Waals surface area contributed by atoms with Gasteiger partial charge in [0.25, 0.3) is 11.7 Å². The van der Waals surface area contributed by atoms with E-state index in [4.69, 9.17) is 0 Å². The normalized spacial score (nSPS) is 17.2. The fraction of sp³-hybridized carbons (Fsp3) is 0.357. The number of carbonyl (C=O) groups is 3. The Morgan fingerprint density at radius 1 is 1.43 bits per heavy atom. The summed E-state index contributed by atoms with van der Waals surface area (Å²) in [7, 11) is 1.67. The minimum Gasteiger partial charge on any atom is -0.341 e. The Hall–Kier alpha value is -1.76. The van der Waals surface area contributed by atoms with Crippen molar-refractivity contribution in [3.63, 3.8) is 0 Å². The Balaban J connectivity index is 1.90. The molecule has 0 spiro atoms. The van der Waals surface area contributed by atoms with E-state index in [0.717, 1.165) is 23.8 Å². The first-order valence-electron chi connectivity index (χ1n) is 6.51. The summed E-state index contributed by atoms with van der Waals surface area (Å²) in [6, 6.07) is 2.60. The number of Topliss-reactive ketones (excluding diaryl/α,β-unsaturated/α-hetero) is 1. The third kappa shape index (κ3) is 2.35. The molecule has 0 saturated heterocycles. The molecule has 110 valence electrons. The number of amides is 2. The summed E-state index contributed by atoms with van der Waals surface area (Å²) in [6.07, 6.45) is 1.90. The summed E-state index contributed by atoms with van der Waals surface area (Å²) in [6.45, 7) is -0.244. The molecule has 1 fully saturated rings. The molecule has 3 rings (SSSR count). The largest absolute Gasteiger partial charge is 0.341 e. The molecular formula is C14H12BrFN2O3. The molecule has 1 aromatic carbocycles. The van der Waals surface area contributed by atoms with E-state index in [1.54, 1.807) is 11.9 Å². The zero-order valence-corrected chi connectivity index (χ0v) is 12.8. The highest BCUT2D eigenvalue weighted by molar-refractivity contribution is 9.10. The molecule has 1 saturated carbocycles. The van der Waals surface area contributed by atoms with Gasteiger partial charge in [0.15, 0.2) is 0 Å². The Morgan fingerprint density at radius 3 is 2.71 bits per heavy atom. The first-order chi connectivity index (χ1) is 9.90. The van der Waals surface area contributed by atoms with Gasteiger partial charge in [-0.3, -0.25) is 19.3 Å². The van der Waals surface area contributed by atoms with Gasteiger partial charge in [0, 0.05) is 13.1 Å². The average molecular weight is 355 g/mol. The van der Waals surface area contributed by atoms with Crippen molar-refractivity contribution in [3.8, 4) is 0 Å². The molecule has 1 aliphatic carbocycles. The lowest BCUT2D eigenvalue weighted by molar-refractivity contribution is -0.130. The molecule has 1 aliphatic heterocycles. The summed E-state index contributed by atoms with van der Waals surface area (Å²) in [5.74, 6) is -2.34. The first kappa shape index (κ1) is 14.2. The van der Waals surface area contributed by atoms with Crippen molar-refractivity contribution < 1.29 is 18.8 Å². The molecule has 21 heavy (non-hydrogen) atoms. The summed E-state index contributed by atoms with van der Waals surface area (Å²) in [5, 5.41) is 0. The molecule has 2 amide bonds. The molecular weight excluding hydrogens is 343 g/mol. The zero-order chi connectivity index (χ0) is 15.3. The van der Waals surface area contributed by atoms with Crippen LogP contribution in [0.4, 0.5) is 10.1 Å². The number of hydrogen-bond acceptors (Lipinski definition) is 3. The molecule has 0 aromatic heterocycles. The maximum Gasteiger partial charge on any atom is 0.299 e. The van der Waals surface area contributed by atoms with Gasteiger partial charge in [0.05, 0.1) is 15.7 Å². The molecule has 1 aromatic rings. The van der Waals surface area contributed by atoms with Crippen molar-refractivity contribution >= 4 is 39.2 Å². The van der Waals surface area contributed by atoms with Gasteiger partial charge in [-0.15, -0.1) is 0 Å². The molecule has 0 unspecified atom stereocenters. The van der Waals surface area contributed by atoms with Crippen LogP contribution in [0, 0.1) is 5.82 Å². The number of nitrogens with zero attached hydrogens (tertiary/aromatic N) is 2. The van der Waals surface area contributed by atoms with E-state index in [9.17, 15) is 18.8 Å². The van der Waals surface area contributed by atoms with Gasteiger partial charge in [0.2, 0.25) is 5.91 Å². The number of hydrogen-bond donors (Lipinski definition) is 0. The van der Waals surface area contributed by atoms with Crippen LogP contribution >= 0.6 is 15.9 Å². The van der Waals surface area contributed by atoms with E-state index in [2.05, 4.69) is 15.9 Å². The van der Waals surface area contributed by atoms with Crippen molar-refractivity contribution in [2.24, 2.45) is 0 Å². The van der Waals surface area contributed by atoms with Crippen LogP contribution in [0.3, 0.4) is 0 Å². The van der Waals surface area contributed by atoms with Crippen LogP contribution in [-0.2, 0) is 9.59 Å². The first-order valence-corrected chi connectivity index (χ1v) is 7.30. The van der Waals surface area contributed by atoms with Gasteiger partial charge in [-0.2, -0.15) is 0 Å². The zero-order valence-electron chi connectivity index (χ0n) is 11.2. The van der Waals surface area contributed by atoms with Crippen LogP contribution in [-0.4, -0.2) is 42.1 Å². The molecule has 5 nitrogen and oxygen atoms in total. The van der Waals surface area contributed by atoms with E-state index in [-0.39, 0.29) is 34.2 Å². The van der Waals surface area contributed by atoms with Crippen molar-refractivity contribution in [2.45, 2.75) is 18.9 Å². The van der Waals surface area contributed by atoms with Gasteiger partial charge >= 0.3 is 0 Å². The molecule has 0 radical (unpaired) electrons. The molecule has 1 heterocycles. The van der Waals surface area contributed by atoms with Crippen molar-refractivity contribution in [1.82, 2.24) is 4.90 Å². The maximum absolute atomic E-state index is 13.6. The number of rotatable bonds is 3. The number of benzene rings is 1. The van der Waals surface area contributed by atoms with Gasteiger partial charge in [0.1, 0.15) is 12.4 Å². The monoisotopic (exact) mass is 354 g/mol. The average Bonchev–Trinajstić information content (AvgIpc) is 3.26. The highest BCUT2D eigenvalue weighted by atomic mass is 79.9. The predicted molar refractivity (Wildman–Crippen MR) is 76.6 cm³/mol. The predicted octanol–water partition coefficient (Wildman–Crippen LogP) is 1.74. The van der Waals surface area contributed by atoms with E-state index in [1.807, 2.05) is 0 Å². The highest BCUT2D eigenvalue weighted by Crippen LogP contribution is 2.33. The minimum absolute atomic E-state index is 0.116. The summed E-state index contributed by atoms with van der Waals surface area (Å²) in [5.41, 5.74) is 0.276. The summed E-state index contributed by atoms with van der Waals surface area (Å²) >= 11 is 2.99. The fourth-order valence-corrected chi connectivity index (χ4v) is 2.70. The van der Waals surface area contributed by atoms with Crippen molar-refractivity contribution in [2.75, 3.05) is 18.5 Å². The Labute approximate surface area is 128 Å². The van der Waals surface area contributed by atoms with E-state index in [1.165, 1.54) is 6.07 Å². The third-order valence-corrected chi connectivity index (χ3v) is 4.40. The molecule has 0 atom stereocenters. The lowest BCUT2D eigenvalue weighted by atomic mass is 10.1. The fourth-order valence-electron chi connectivity index (χ4n) is 2.36. The molecule has 2 aliphatic rings. The topological polar surface area (TPSA) is 57.7 Å². The van der Waals surface area contributed by atoms with Crippen LogP contribution < -0.4 is 4.90 Å². The summed E-state index contributed by atoms with van der Waals surface area (Å²) < 4.78 is 13.8. The van der Waals surface area contributed by atoms with Crippen LogP contribution in [0.15, 0.2) is 16.6 Å². The van der Waals surface area contributed by atoms with Crippen LogP contribution in [0.25, 0.3) is 0 Å². The molecule has 7 heteroatoms. The molecule has 0 bridgehead atoms. The van der Waals surface area contributed by atoms with E-state index >= 15 is 0 Å². The number of halogens is 2. The van der Waals surface area contributed by atoms with Crippen molar-refractivity contribution in [3.05, 3.63) is 28.0 Å². The second-order valence-electron chi connectivity index (χ2n) is 5.24. The smallest absolute Gasteiger partial charge is 0.299 e. The lowest BCUT2D eigenvalue weighted by Crippen LogP contribution is -2.41. The van der Waals surface area contributed by atoms with Gasteiger partial charge in [-0.05, 0) is 40.9 Å². The highest BCUT2D eigenvalue weighted by Gasteiger charge is 2.39. The maximum atomic E-state index is 13.6. The van der Waals surface area contributed by atoms with Gasteiger partial charge in [-0.1, -0.05) is 0 Å². The van der Waals surface area contributed by atoms with Crippen LogP contribution in [0.5, 0.6) is 0 Å². The Kier molecular flexibility index (Phi) is 3.32. The SMILES string of the molecule is CN(C(=O)CN1C(=O)C(=O)c2cc(Br)c(F)cc21)C1CC1. The molecule has 0 N–H and O–H groups in total. The van der Waals surface area contributed by atoms with Crippen molar-refractivity contribution in [1.29, 1.82) is 0 Å². The number of likely N-dealkylation sites (N-methyl/N-ethyl adjacent to an activating group) is 1. The lowest BCUT2D eigenvalue weighted by Gasteiger charge is -2.21. The Bertz CT molecular complexity index is 672.